The van der Waals surface area contributed by atoms with E-state index >= 15 is 0 Å². The molecular formula is C63H110N2O16. The van der Waals surface area contributed by atoms with Gasteiger partial charge in [0.15, 0.2) is 30.7 Å². The van der Waals surface area contributed by atoms with Crippen molar-refractivity contribution in [1.29, 1.82) is 0 Å². The molecule has 0 aliphatic carbocycles. The van der Waals surface area contributed by atoms with E-state index in [1.54, 1.807) is 0 Å². The zero-order valence-corrected chi connectivity index (χ0v) is 51.8. The Morgan fingerprint density at radius 2 is 0.963 bits per heavy atom. The molecule has 1 aliphatic rings. The Morgan fingerprint density at radius 1 is 0.506 bits per heavy atom. The van der Waals surface area contributed by atoms with Crippen LogP contribution in [0.5, 0.6) is 0 Å². The predicted molar refractivity (Wildman–Crippen MR) is 311 cm³/mol. The molecule has 0 bridgehead atoms. The molecule has 0 aromatic carbocycles. The molecule has 0 unspecified atom stereocenters. The second-order valence-electron chi connectivity index (χ2n) is 22.6. The maximum absolute atomic E-state index is 14.5. The highest BCUT2D eigenvalue weighted by atomic mass is 16.7. The smallest absolute Gasteiger partial charge is 0.303 e. The Morgan fingerprint density at radius 3 is 1.41 bits per heavy atom. The van der Waals surface area contributed by atoms with Gasteiger partial charge in [0.2, 0.25) is 5.91 Å². The second-order valence-corrected chi connectivity index (χ2v) is 22.6. The van der Waals surface area contributed by atoms with E-state index in [-0.39, 0.29) is 12.8 Å². The van der Waals surface area contributed by atoms with Gasteiger partial charge in [0, 0.05) is 54.9 Å². The van der Waals surface area contributed by atoms with Crippen molar-refractivity contribution in [3.63, 3.8) is 0 Å². The third kappa shape index (κ3) is 38.8. The quantitative estimate of drug-likeness (QED) is 0.0249. The number of hydrogen-bond donors (Lipinski definition) is 2. The summed E-state index contributed by atoms with van der Waals surface area (Å²) in [5.41, 5.74) is 0. The van der Waals surface area contributed by atoms with Crippen LogP contribution < -0.4 is 10.6 Å². The third-order valence-electron chi connectivity index (χ3n) is 14.3. The van der Waals surface area contributed by atoms with Crippen LogP contribution in [0.25, 0.3) is 0 Å². The Kier molecular flexibility index (Phi) is 43.1. The molecule has 9 atom stereocenters. The van der Waals surface area contributed by atoms with Crippen molar-refractivity contribution in [2.45, 2.75) is 323 Å². The minimum absolute atomic E-state index is 0.0604. The number of unbranched alkanes of at least 4 members (excludes halogenated alkanes) is 26. The Bertz CT molecular complexity index is 1790. The van der Waals surface area contributed by atoms with Gasteiger partial charge >= 0.3 is 35.8 Å². The molecule has 18 heteroatoms. The molecule has 81 heavy (non-hydrogen) atoms. The van der Waals surface area contributed by atoms with E-state index in [9.17, 15) is 38.4 Å². The number of carbonyl (C=O) groups is 8. The largest absolute Gasteiger partial charge is 0.463 e. The highest BCUT2D eigenvalue weighted by Gasteiger charge is 2.52. The highest BCUT2D eigenvalue weighted by Crippen LogP contribution is 2.29. The molecule has 0 aromatic rings. The summed E-state index contributed by atoms with van der Waals surface area (Å²) in [6.45, 7) is 13.8. The first kappa shape index (κ1) is 74.4. The van der Waals surface area contributed by atoms with E-state index in [4.69, 9.17) is 37.9 Å². The van der Waals surface area contributed by atoms with Gasteiger partial charge in [-0.3, -0.25) is 38.4 Å². The van der Waals surface area contributed by atoms with Gasteiger partial charge in [-0.2, -0.15) is 0 Å². The Balaban J connectivity index is 3.38. The van der Waals surface area contributed by atoms with Crippen molar-refractivity contribution in [3.05, 3.63) is 12.2 Å². The molecule has 1 aliphatic heterocycles. The highest BCUT2D eigenvalue weighted by molar-refractivity contribution is 5.83. The third-order valence-corrected chi connectivity index (χ3v) is 14.3. The topological polar surface area (TPSA) is 234 Å². The van der Waals surface area contributed by atoms with Gasteiger partial charge < -0.3 is 48.5 Å². The summed E-state index contributed by atoms with van der Waals surface area (Å²) >= 11 is 0. The van der Waals surface area contributed by atoms with Crippen LogP contribution in [-0.2, 0) is 76.3 Å². The zero-order valence-electron chi connectivity index (χ0n) is 51.8. The number of hydrogen-bond acceptors (Lipinski definition) is 16. The van der Waals surface area contributed by atoms with Crippen LogP contribution in [0.15, 0.2) is 12.2 Å². The van der Waals surface area contributed by atoms with Crippen LogP contribution in [0.3, 0.4) is 0 Å². The lowest BCUT2D eigenvalue weighted by atomic mass is 9.95. The maximum Gasteiger partial charge on any atom is 0.303 e. The molecule has 468 valence electrons. The number of nitrogens with one attached hydrogen (secondary N) is 2. The number of amides is 2. The van der Waals surface area contributed by atoms with Gasteiger partial charge in [-0.05, 0) is 31.6 Å². The molecule has 0 saturated carbocycles. The lowest BCUT2D eigenvalue weighted by Crippen LogP contribution is -2.67. The van der Waals surface area contributed by atoms with Gasteiger partial charge in [0.1, 0.15) is 24.9 Å². The normalized spacial score (nSPS) is 18.5. The molecule has 0 aromatic heterocycles. The monoisotopic (exact) mass is 1150 g/mol. The summed E-state index contributed by atoms with van der Waals surface area (Å²) in [5.74, 6) is -5.10. The summed E-state index contributed by atoms with van der Waals surface area (Å²) in [6.07, 6.45) is 28.5. The summed E-state index contributed by atoms with van der Waals surface area (Å²) < 4.78 is 46.5. The summed E-state index contributed by atoms with van der Waals surface area (Å²) in [7, 11) is 0. The molecule has 2 N–H and O–H groups in total. The average molecular weight is 1150 g/mol. The summed E-state index contributed by atoms with van der Waals surface area (Å²) in [5, 5.41) is 5.52. The minimum atomic E-state index is -1.58. The van der Waals surface area contributed by atoms with Crippen LogP contribution in [0.2, 0.25) is 0 Å². The molecule has 1 rings (SSSR count). The predicted octanol–water partition coefficient (Wildman–Crippen LogP) is 12.3. The number of ether oxygens (including phenoxy) is 8. The zero-order chi connectivity index (χ0) is 60.2. The first-order chi connectivity index (χ1) is 38.7. The van der Waals surface area contributed by atoms with Gasteiger partial charge in [0.25, 0.3) is 5.91 Å². The summed E-state index contributed by atoms with van der Waals surface area (Å²) in [4.78, 5) is 103. The number of esters is 6. The van der Waals surface area contributed by atoms with Gasteiger partial charge in [-0.15, -0.1) is 0 Å². The van der Waals surface area contributed by atoms with Crippen molar-refractivity contribution in [2.75, 3.05) is 13.2 Å². The SMILES string of the molecule is CCCCCCCCCCCCCCCCCCCC[C@@H](OC(C)=O)C(=O)N[C@H](CO[C@H]1O[C@H](COC(C)=O)[C@@H](OC(C)=O)[C@H](OC(C)=O)[C@H]1NC(C)=O)[C@H](OC(C)=O)[C@H](C/C=C/CCCCCCCCCCCC(C)C)OC(C)=O. The van der Waals surface area contributed by atoms with Crippen molar-refractivity contribution in [1.82, 2.24) is 10.6 Å². The van der Waals surface area contributed by atoms with E-state index in [1.807, 2.05) is 12.2 Å². The number of allylic oxidation sites excluding steroid dienone is 1. The Labute approximate surface area is 487 Å². The number of rotatable bonds is 48. The van der Waals surface area contributed by atoms with E-state index in [0.29, 0.717) is 6.42 Å². The van der Waals surface area contributed by atoms with Crippen molar-refractivity contribution >= 4 is 47.6 Å². The average Bonchev–Trinajstić information content (AvgIpc) is 3.38. The van der Waals surface area contributed by atoms with Crippen LogP contribution >= 0.6 is 0 Å². The number of carbonyl (C=O) groups excluding carboxylic acids is 8. The minimum Gasteiger partial charge on any atom is -0.463 e. The van der Waals surface area contributed by atoms with Crippen molar-refractivity contribution in [3.8, 4) is 0 Å². The molecule has 2 amide bonds. The molecule has 1 fully saturated rings. The van der Waals surface area contributed by atoms with E-state index in [2.05, 4.69) is 31.4 Å². The fourth-order valence-electron chi connectivity index (χ4n) is 10.3. The lowest BCUT2D eigenvalue weighted by Gasteiger charge is -2.45. The second kappa shape index (κ2) is 46.9. The van der Waals surface area contributed by atoms with Crippen LogP contribution in [0.1, 0.15) is 268 Å². The van der Waals surface area contributed by atoms with Gasteiger partial charge in [-0.1, -0.05) is 200 Å². The van der Waals surface area contributed by atoms with Gasteiger partial charge in [-0.25, -0.2) is 0 Å². The van der Waals surface area contributed by atoms with E-state index in [0.717, 1.165) is 85.0 Å². The molecule has 1 saturated heterocycles. The van der Waals surface area contributed by atoms with E-state index < -0.39 is 116 Å². The standard InChI is InChI=1S/C63H110N2O16/c1-11-12-13-14-15-16-17-18-19-20-21-22-23-28-31-34-37-40-43-56(77-50(7)69)62(73)65-54(44-75-63-58(64-47(4)66)61(80-53(10)72)60(79-52(9)71)57(81-63)45-74-48(5)67)59(78-51(8)70)55(76-49(6)68)42-39-36-33-30-27-25-24-26-29-32-35-38-41-46(2)3/h36,39,46,54-61,63H,11-35,37-38,40-45H2,1-10H3,(H,64,66)(H,65,73)/b39-36+/t54-,55+,56-,57-,58-,59+,60-,61-,63+/m1/s1. The Hall–Kier alpha value is -4.58. The molecule has 18 nitrogen and oxygen atoms in total. The van der Waals surface area contributed by atoms with Crippen molar-refractivity contribution in [2.24, 2.45) is 5.92 Å². The van der Waals surface area contributed by atoms with Crippen molar-refractivity contribution < 1.29 is 76.3 Å². The first-order valence-electron chi connectivity index (χ1n) is 31.2. The van der Waals surface area contributed by atoms with Crippen LogP contribution in [-0.4, -0.2) is 116 Å². The molecule has 1 heterocycles. The fraction of sp³-hybridized carbons (Fsp3) is 0.841. The lowest BCUT2D eigenvalue weighted by molar-refractivity contribution is -0.280. The van der Waals surface area contributed by atoms with Crippen LogP contribution in [0, 0.1) is 5.92 Å². The summed E-state index contributed by atoms with van der Waals surface area (Å²) in [6, 6.07) is -2.74. The molecule has 0 spiro atoms. The first-order valence-corrected chi connectivity index (χ1v) is 31.2. The fourth-order valence-corrected chi connectivity index (χ4v) is 10.3. The molecule has 0 radical (unpaired) electrons. The van der Waals surface area contributed by atoms with E-state index in [1.165, 1.54) is 149 Å². The van der Waals surface area contributed by atoms with Gasteiger partial charge in [0.05, 0.1) is 12.6 Å². The van der Waals surface area contributed by atoms with Crippen LogP contribution in [0.4, 0.5) is 0 Å². The maximum atomic E-state index is 14.5. The molecular weight excluding hydrogens is 1040 g/mol.